The highest BCUT2D eigenvalue weighted by atomic mass is 16.7. The predicted molar refractivity (Wildman–Crippen MR) is 111 cm³/mol. The van der Waals surface area contributed by atoms with Gasteiger partial charge in [0, 0.05) is 23.6 Å². The van der Waals surface area contributed by atoms with Crippen molar-refractivity contribution in [1.82, 2.24) is 0 Å². The number of carboxylic acids is 1. The maximum atomic E-state index is 13.3. The molecule has 174 valence electrons. The molecule has 2 heterocycles. The van der Waals surface area contributed by atoms with E-state index in [1.807, 2.05) is 0 Å². The van der Waals surface area contributed by atoms with Gasteiger partial charge >= 0.3 is 5.97 Å². The summed E-state index contributed by atoms with van der Waals surface area (Å²) in [5.74, 6) is -4.24. The summed E-state index contributed by atoms with van der Waals surface area (Å²) in [6.45, 7) is 1.39. The fraction of sp³-hybridized carbons (Fsp3) is 0.273. The lowest BCUT2D eigenvalue weighted by Crippen LogP contribution is -2.57. The second-order valence-corrected chi connectivity index (χ2v) is 7.70. The predicted octanol–water partition coefficient (Wildman–Crippen LogP) is 1.12. The van der Waals surface area contributed by atoms with Crippen LogP contribution in [-0.4, -0.2) is 61.2 Å². The topological polar surface area (TPSA) is 187 Å². The molecule has 1 saturated heterocycles. The van der Waals surface area contributed by atoms with Crippen LogP contribution in [0.5, 0.6) is 23.0 Å². The third-order valence-electron chi connectivity index (χ3n) is 5.47. The van der Waals surface area contributed by atoms with E-state index in [2.05, 4.69) is 0 Å². The van der Waals surface area contributed by atoms with Crippen molar-refractivity contribution in [3.05, 3.63) is 46.6 Å². The SMILES string of the molecule is C[C@@H]1[C@@H](O)[C@H](Oc2c(-c3ccc(O)cc3)oc3cc(O)cc(O)c3c2=O)O[C@H](C(=O)O)[C@H]1O. The molecule has 11 nitrogen and oxygen atoms in total. The number of carboxylic acid groups (broad SMARTS) is 1. The summed E-state index contributed by atoms with van der Waals surface area (Å²) < 4.78 is 16.6. The van der Waals surface area contributed by atoms with Crippen molar-refractivity contribution in [2.24, 2.45) is 5.92 Å². The Labute approximate surface area is 185 Å². The van der Waals surface area contributed by atoms with Crippen molar-refractivity contribution >= 4 is 16.9 Å². The smallest absolute Gasteiger partial charge is 0.335 e. The Morgan fingerprint density at radius 3 is 2.30 bits per heavy atom. The van der Waals surface area contributed by atoms with Gasteiger partial charge in [0.15, 0.2) is 11.9 Å². The highest BCUT2D eigenvalue weighted by Crippen LogP contribution is 2.37. The quantitative estimate of drug-likeness (QED) is 0.327. The lowest BCUT2D eigenvalue weighted by molar-refractivity contribution is -0.255. The second-order valence-electron chi connectivity index (χ2n) is 7.70. The van der Waals surface area contributed by atoms with Crippen LogP contribution in [0.1, 0.15) is 6.92 Å². The number of hydrogen-bond donors (Lipinski definition) is 6. The highest BCUT2D eigenvalue weighted by Gasteiger charge is 2.47. The summed E-state index contributed by atoms with van der Waals surface area (Å²) in [4.78, 5) is 24.8. The lowest BCUT2D eigenvalue weighted by atomic mass is 9.90. The number of phenols is 3. The van der Waals surface area contributed by atoms with Crippen LogP contribution < -0.4 is 10.2 Å². The molecule has 1 aliphatic heterocycles. The van der Waals surface area contributed by atoms with E-state index >= 15 is 0 Å². The first kappa shape index (κ1) is 22.4. The summed E-state index contributed by atoms with van der Waals surface area (Å²) in [5, 5.41) is 59.2. The zero-order valence-electron chi connectivity index (χ0n) is 17.1. The average molecular weight is 460 g/mol. The molecule has 1 aromatic heterocycles. The molecule has 0 radical (unpaired) electrons. The molecule has 3 aromatic rings. The molecule has 0 spiro atoms. The van der Waals surface area contributed by atoms with Crippen molar-refractivity contribution in [1.29, 1.82) is 0 Å². The van der Waals surface area contributed by atoms with Crippen LogP contribution in [0.2, 0.25) is 0 Å². The molecule has 1 fully saturated rings. The van der Waals surface area contributed by atoms with Crippen molar-refractivity contribution in [3.63, 3.8) is 0 Å². The third kappa shape index (κ3) is 3.93. The molecule has 6 N–H and O–H groups in total. The summed E-state index contributed by atoms with van der Waals surface area (Å²) in [5.41, 5.74) is -0.818. The number of fused-ring (bicyclic) bond motifs is 1. The van der Waals surface area contributed by atoms with Gasteiger partial charge in [0.05, 0.1) is 6.10 Å². The molecular formula is C22H20O11. The highest BCUT2D eigenvalue weighted by molar-refractivity contribution is 5.88. The Morgan fingerprint density at radius 2 is 1.67 bits per heavy atom. The van der Waals surface area contributed by atoms with Crippen molar-refractivity contribution in [2.75, 3.05) is 0 Å². The number of phenolic OH excluding ortho intramolecular Hbond substituents is 3. The first-order valence-corrected chi connectivity index (χ1v) is 9.81. The van der Waals surface area contributed by atoms with E-state index in [-0.39, 0.29) is 33.8 Å². The largest absolute Gasteiger partial charge is 0.508 e. The van der Waals surface area contributed by atoms with E-state index < -0.39 is 53.4 Å². The number of aliphatic hydroxyl groups excluding tert-OH is 2. The van der Waals surface area contributed by atoms with Crippen LogP contribution in [-0.2, 0) is 9.53 Å². The van der Waals surface area contributed by atoms with Gasteiger partial charge in [0.2, 0.25) is 17.5 Å². The Hall–Kier alpha value is -3.80. The first-order valence-electron chi connectivity index (χ1n) is 9.81. The van der Waals surface area contributed by atoms with Crippen LogP contribution >= 0.6 is 0 Å². The first-order chi connectivity index (χ1) is 15.6. The second kappa shape index (κ2) is 8.28. The number of aliphatic carboxylic acids is 1. The molecule has 1 aliphatic rings. The minimum absolute atomic E-state index is 0.0715. The zero-order chi connectivity index (χ0) is 24.0. The summed E-state index contributed by atoms with van der Waals surface area (Å²) in [6, 6.07) is 7.46. The van der Waals surface area contributed by atoms with Crippen LogP contribution in [0.3, 0.4) is 0 Å². The van der Waals surface area contributed by atoms with Gasteiger partial charge in [-0.15, -0.1) is 0 Å². The maximum absolute atomic E-state index is 13.3. The summed E-state index contributed by atoms with van der Waals surface area (Å²) in [7, 11) is 0. The van der Waals surface area contributed by atoms with Crippen LogP contribution in [0.4, 0.5) is 0 Å². The van der Waals surface area contributed by atoms with Gasteiger partial charge < -0.3 is 44.5 Å². The molecular weight excluding hydrogens is 440 g/mol. The van der Waals surface area contributed by atoms with Crippen molar-refractivity contribution in [2.45, 2.75) is 31.5 Å². The molecule has 0 saturated carbocycles. The molecule has 2 aromatic carbocycles. The Bertz CT molecular complexity index is 1260. The molecule has 11 heteroatoms. The van der Waals surface area contributed by atoms with E-state index in [9.17, 15) is 40.2 Å². The average Bonchev–Trinajstić information content (AvgIpc) is 2.75. The Balaban J connectivity index is 1.89. The number of aliphatic hydroxyl groups is 2. The molecule has 33 heavy (non-hydrogen) atoms. The standard InChI is InChI=1S/C22H20O11/c1-8-15(26)20(21(29)30)33-22(16(8)27)32-19-17(28)14-12(25)6-11(24)7-13(14)31-18(19)9-2-4-10(23)5-3-9/h2-8,15-16,20,22-27H,1H3,(H,29,30)/t8-,15-,16+,20-,22+/m0/s1. The Morgan fingerprint density at radius 1 is 1.00 bits per heavy atom. The van der Waals surface area contributed by atoms with E-state index in [1.165, 1.54) is 31.2 Å². The number of aromatic hydroxyl groups is 3. The Kier molecular flexibility index (Phi) is 5.62. The molecule has 0 amide bonds. The summed E-state index contributed by atoms with van der Waals surface area (Å²) in [6.07, 6.45) is -6.47. The van der Waals surface area contributed by atoms with E-state index in [1.54, 1.807) is 0 Å². The molecule has 4 rings (SSSR count). The fourth-order valence-corrected chi connectivity index (χ4v) is 3.63. The molecule has 0 unspecified atom stereocenters. The molecule has 5 atom stereocenters. The normalized spacial score (nSPS) is 25.1. The van der Waals surface area contributed by atoms with E-state index in [4.69, 9.17) is 13.9 Å². The molecule has 0 aliphatic carbocycles. The number of benzene rings is 2. The number of carbonyl (C=O) groups is 1. The van der Waals surface area contributed by atoms with Gasteiger partial charge in [-0.25, -0.2) is 4.79 Å². The van der Waals surface area contributed by atoms with E-state index in [0.717, 1.165) is 12.1 Å². The minimum atomic E-state index is -1.73. The van der Waals surface area contributed by atoms with Gasteiger partial charge in [-0.3, -0.25) is 4.79 Å². The number of ether oxygens (including phenoxy) is 2. The maximum Gasteiger partial charge on any atom is 0.335 e. The third-order valence-corrected chi connectivity index (χ3v) is 5.47. The molecule has 0 bridgehead atoms. The van der Waals surface area contributed by atoms with Crippen molar-refractivity contribution in [3.8, 4) is 34.3 Å². The van der Waals surface area contributed by atoms with Gasteiger partial charge in [0.25, 0.3) is 0 Å². The van der Waals surface area contributed by atoms with Gasteiger partial charge in [0.1, 0.15) is 34.3 Å². The van der Waals surface area contributed by atoms with Crippen LogP contribution in [0, 0.1) is 5.92 Å². The van der Waals surface area contributed by atoms with E-state index in [0.29, 0.717) is 0 Å². The lowest BCUT2D eigenvalue weighted by Gasteiger charge is -2.39. The fourth-order valence-electron chi connectivity index (χ4n) is 3.63. The van der Waals surface area contributed by atoms with Crippen LogP contribution in [0.25, 0.3) is 22.3 Å². The van der Waals surface area contributed by atoms with Crippen molar-refractivity contribution < 1.29 is 49.3 Å². The van der Waals surface area contributed by atoms with Gasteiger partial charge in [-0.1, -0.05) is 6.92 Å². The zero-order valence-corrected chi connectivity index (χ0v) is 17.1. The monoisotopic (exact) mass is 460 g/mol. The number of hydrogen-bond acceptors (Lipinski definition) is 10. The van der Waals surface area contributed by atoms with Gasteiger partial charge in [-0.05, 0) is 24.3 Å². The minimum Gasteiger partial charge on any atom is -0.508 e. The van der Waals surface area contributed by atoms with Gasteiger partial charge in [-0.2, -0.15) is 0 Å². The summed E-state index contributed by atoms with van der Waals surface area (Å²) >= 11 is 0. The number of rotatable bonds is 4. The van der Waals surface area contributed by atoms with Crippen LogP contribution in [0.15, 0.2) is 45.6 Å².